The van der Waals surface area contributed by atoms with Gasteiger partial charge in [0.1, 0.15) is 5.82 Å². The fourth-order valence-corrected chi connectivity index (χ4v) is 4.24. The van der Waals surface area contributed by atoms with Crippen molar-refractivity contribution < 1.29 is 8.42 Å². The summed E-state index contributed by atoms with van der Waals surface area (Å²) < 4.78 is 23.2. The average Bonchev–Trinajstić information content (AvgIpc) is 2.75. The van der Waals surface area contributed by atoms with Gasteiger partial charge in [0.15, 0.2) is 15.8 Å². The maximum Gasteiger partial charge on any atom is 0.191 e. The lowest BCUT2D eigenvalue weighted by molar-refractivity contribution is 0.459. The summed E-state index contributed by atoms with van der Waals surface area (Å²) >= 11 is 0. The molecule has 1 aromatic carbocycles. The zero-order chi connectivity index (χ0) is 22.3. The number of nitrogens with zero attached hydrogens (tertiary/aromatic N) is 3. The lowest BCUT2D eigenvalue weighted by atomic mass is 10.1. The van der Waals surface area contributed by atoms with Gasteiger partial charge in [-0.05, 0) is 62.4 Å². The van der Waals surface area contributed by atoms with Crippen molar-refractivity contribution in [3.05, 3.63) is 53.7 Å². The third-order valence-electron chi connectivity index (χ3n) is 5.42. The summed E-state index contributed by atoms with van der Waals surface area (Å²) in [6, 6.07) is 11.6. The fourth-order valence-electron chi connectivity index (χ4n) is 3.61. The zero-order valence-corrected chi connectivity index (χ0v) is 19.5. The van der Waals surface area contributed by atoms with Crippen molar-refractivity contribution in [3.63, 3.8) is 0 Å². The highest BCUT2D eigenvalue weighted by Crippen LogP contribution is 2.18. The number of benzene rings is 1. The number of aliphatic imine (C=N–C) groups is 1. The first kappa shape index (κ1) is 23.1. The van der Waals surface area contributed by atoms with E-state index in [2.05, 4.69) is 46.5 Å². The highest BCUT2D eigenvalue weighted by molar-refractivity contribution is 7.90. The molecule has 1 saturated heterocycles. The molecule has 7 nitrogen and oxygen atoms in total. The molecule has 0 radical (unpaired) electrons. The van der Waals surface area contributed by atoms with Crippen molar-refractivity contribution in [2.24, 2.45) is 4.99 Å². The molecule has 2 heterocycles. The van der Waals surface area contributed by atoms with Crippen LogP contribution < -0.4 is 15.5 Å². The lowest BCUT2D eigenvalue weighted by Gasteiger charge is -2.33. The number of anilines is 1. The van der Waals surface area contributed by atoms with Gasteiger partial charge < -0.3 is 15.5 Å². The van der Waals surface area contributed by atoms with Crippen molar-refractivity contribution in [3.8, 4) is 0 Å². The van der Waals surface area contributed by atoms with E-state index in [1.807, 2.05) is 18.3 Å². The van der Waals surface area contributed by atoms with E-state index >= 15 is 0 Å². The number of guanidine groups is 1. The second-order valence-electron chi connectivity index (χ2n) is 8.03. The van der Waals surface area contributed by atoms with Crippen molar-refractivity contribution in [2.45, 2.75) is 44.0 Å². The number of sulfone groups is 1. The van der Waals surface area contributed by atoms with E-state index in [9.17, 15) is 8.42 Å². The molecule has 3 rings (SSSR count). The van der Waals surface area contributed by atoms with E-state index in [0.29, 0.717) is 17.5 Å². The third-order valence-corrected chi connectivity index (χ3v) is 6.55. The first-order chi connectivity index (χ1) is 14.8. The van der Waals surface area contributed by atoms with Gasteiger partial charge >= 0.3 is 0 Å². The topological polar surface area (TPSA) is 86.7 Å². The molecule has 0 bridgehead atoms. The molecule has 1 aromatic heterocycles. The number of aryl methyl sites for hydroxylation is 1. The van der Waals surface area contributed by atoms with Gasteiger partial charge in [-0.3, -0.25) is 4.99 Å². The summed E-state index contributed by atoms with van der Waals surface area (Å²) in [4.78, 5) is 11.9. The summed E-state index contributed by atoms with van der Waals surface area (Å²) in [7, 11) is -3.16. The minimum absolute atomic E-state index is 0.349. The van der Waals surface area contributed by atoms with E-state index in [4.69, 9.17) is 4.99 Å². The highest BCUT2D eigenvalue weighted by Gasteiger charge is 2.20. The summed E-state index contributed by atoms with van der Waals surface area (Å²) in [6.07, 6.45) is 5.98. The average molecular weight is 444 g/mol. The van der Waals surface area contributed by atoms with Gasteiger partial charge in [0.2, 0.25) is 0 Å². The smallest absolute Gasteiger partial charge is 0.191 e. The summed E-state index contributed by atoms with van der Waals surface area (Å²) in [6.45, 7) is 7.51. The normalized spacial score (nSPS) is 15.7. The number of pyridine rings is 1. The third kappa shape index (κ3) is 6.95. The summed E-state index contributed by atoms with van der Waals surface area (Å²) in [5.74, 6) is 1.88. The number of hydrogen-bond acceptors (Lipinski definition) is 5. The van der Waals surface area contributed by atoms with Crippen LogP contribution in [0.15, 0.2) is 52.5 Å². The first-order valence-corrected chi connectivity index (χ1v) is 12.8. The number of hydrogen-bond donors (Lipinski definition) is 2. The Balaban J connectivity index is 1.50. The van der Waals surface area contributed by atoms with Crippen LogP contribution in [0.3, 0.4) is 0 Å². The molecule has 0 spiro atoms. The zero-order valence-electron chi connectivity index (χ0n) is 18.6. The Labute approximate surface area is 185 Å². The monoisotopic (exact) mass is 443 g/mol. The lowest BCUT2D eigenvalue weighted by Crippen LogP contribution is -2.49. The SMILES string of the molecule is CCNC(=NCCc1ccc(S(C)(=O)=O)cc1)NC1CCN(c2ccc(C)cn2)CC1. The Morgan fingerprint density at radius 2 is 1.87 bits per heavy atom. The van der Waals surface area contributed by atoms with Crippen molar-refractivity contribution in [1.82, 2.24) is 15.6 Å². The molecule has 31 heavy (non-hydrogen) atoms. The van der Waals surface area contributed by atoms with Gasteiger partial charge in [0, 0.05) is 44.7 Å². The molecule has 0 amide bonds. The molecule has 8 heteroatoms. The van der Waals surface area contributed by atoms with Crippen LogP contribution in [0, 0.1) is 6.92 Å². The van der Waals surface area contributed by atoms with Crippen LogP contribution in [0.5, 0.6) is 0 Å². The Kier molecular flexibility index (Phi) is 7.90. The second kappa shape index (κ2) is 10.6. The van der Waals surface area contributed by atoms with Crippen molar-refractivity contribution >= 4 is 21.6 Å². The summed E-state index contributed by atoms with van der Waals surface area (Å²) in [5.41, 5.74) is 2.25. The molecular formula is C23H33N5O2S. The van der Waals surface area contributed by atoms with Gasteiger partial charge in [-0.2, -0.15) is 0 Å². The number of piperidine rings is 1. The predicted molar refractivity (Wildman–Crippen MR) is 127 cm³/mol. The molecule has 0 saturated carbocycles. The van der Waals surface area contributed by atoms with Crippen LogP contribution in [0.4, 0.5) is 5.82 Å². The number of nitrogens with one attached hydrogen (secondary N) is 2. The quantitative estimate of drug-likeness (QED) is 0.505. The number of aromatic nitrogens is 1. The minimum atomic E-state index is -3.16. The van der Waals surface area contributed by atoms with Crippen LogP contribution in [0.2, 0.25) is 0 Å². The van der Waals surface area contributed by atoms with Crippen LogP contribution in [0.1, 0.15) is 30.9 Å². The molecule has 1 aliphatic heterocycles. The fraction of sp³-hybridized carbons (Fsp3) is 0.478. The van der Waals surface area contributed by atoms with Crippen LogP contribution in [-0.2, 0) is 16.3 Å². The maximum absolute atomic E-state index is 11.6. The minimum Gasteiger partial charge on any atom is -0.357 e. The Bertz CT molecular complexity index is 964. The van der Waals surface area contributed by atoms with Gasteiger partial charge in [0.05, 0.1) is 4.90 Å². The molecule has 0 unspecified atom stereocenters. The highest BCUT2D eigenvalue weighted by atomic mass is 32.2. The van der Waals surface area contributed by atoms with Gasteiger partial charge in [-0.15, -0.1) is 0 Å². The number of rotatable bonds is 7. The van der Waals surface area contributed by atoms with Crippen molar-refractivity contribution in [2.75, 3.05) is 37.3 Å². The van der Waals surface area contributed by atoms with Crippen LogP contribution >= 0.6 is 0 Å². The summed E-state index contributed by atoms with van der Waals surface area (Å²) in [5, 5.41) is 6.89. The van der Waals surface area contributed by atoms with Gasteiger partial charge in [-0.1, -0.05) is 18.2 Å². The molecule has 1 aliphatic rings. The maximum atomic E-state index is 11.6. The van der Waals surface area contributed by atoms with E-state index in [-0.39, 0.29) is 0 Å². The molecule has 2 N–H and O–H groups in total. The molecule has 1 fully saturated rings. The van der Waals surface area contributed by atoms with E-state index in [1.54, 1.807) is 12.1 Å². The molecule has 168 valence electrons. The Morgan fingerprint density at radius 1 is 1.16 bits per heavy atom. The Hall–Kier alpha value is -2.61. The van der Waals surface area contributed by atoms with E-state index in [1.165, 1.54) is 11.8 Å². The van der Waals surface area contributed by atoms with Crippen LogP contribution in [0.25, 0.3) is 0 Å². The van der Waals surface area contributed by atoms with E-state index in [0.717, 1.165) is 56.2 Å². The van der Waals surface area contributed by atoms with Crippen molar-refractivity contribution in [1.29, 1.82) is 0 Å². The standard InChI is InChI=1S/C23H33N5O2S/c1-4-24-23(25-14-11-19-6-8-21(9-7-19)31(3,29)30)27-20-12-15-28(16-13-20)22-10-5-18(2)17-26-22/h5-10,17,20H,4,11-16H2,1-3H3,(H2,24,25,27). The largest absolute Gasteiger partial charge is 0.357 e. The first-order valence-electron chi connectivity index (χ1n) is 10.9. The van der Waals surface area contributed by atoms with Crippen LogP contribution in [-0.4, -0.2) is 57.8 Å². The van der Waals surface area contributed by atoms with E-state index < -0.39 is 9.84 Å². The predicted octanol–water partition coefficient (Wildman–Crippen LogP) is 2.56. The molecular weight excluding hydrogens is 410 g/mol. The molecule has 0 atom stereocenters. The molecule has 2 aromatic rings. The molecule has 0 aliphatic carbocycles. The second-order valence-corrected chi connectivity index (χ2v) is 10.0. The van der Waals surface area contributed by atoms with Gasteiger partial charge in [0.25, 0.3) is 0 Å². The van der Waals surface area contributed by atoms with Gasteiger partial charge in [-0.25, -0.2) is 13.4 Å². The Morgan fingerprint density at radius 3 is 2.45 bits per heavy atom.